The van der Waals surface area contributed by atoms with Crippen LogP contribution in [0.4, 0.5) is 10.1 Å². The van der Waals surface area contributed by atoms with E-state index in [1.54, 1.807) is 6.07 Å². The highest BCUT2D eigenvalue weighted by Crippen LogP contribution is 2.31. The fourth-order valence-corrected chi connectivity index (χ4v) is 1.30. The molecule has 0 radical (unpaired) electrons. The summed E-state index contributed by atoms with van der Waals surface area (Å²) >= 11 is 8.50. The van der Waals surface area contributed by atoms with Gasteiger partial charge in [-0.1, -0.05) is 11.6 Å². The molecule has 0 aliphatic carbocycles. The van der Waals surface area contributed by atoms with Gasteiger partial charge in [-0.05, 0) is 22.0 Å². The average Bonchev–Trinajstić information content (AvgIpc) is 2.01. The number of benzene rings is 1. The summed E-state index contributed by atoms with van der Waals surface area (Å²) in [5.41, 5.74) is 5.21. The molecule has 0 aliphatic heterocycles. The van der Waals surface area contributed by atoms with Gasteiger partial charge >= 0.3 is 0 Å². The molecule has 2 N–H and O–H groups in total. The van der Waals surface area contributed by atoms with Crippen molar-refractivity contribution in [1.82, 2.24) is 0 Å². The fraction of sp³-hybridized carbons (Fsp3) is 0. The van der Waals surface area contributed by atoms with Crippen LogP contribution in [-0.2, 0) is 0 Å². The van der Waals surface area contributed by atoms with Gasteiger partial charge in [0.05, 0.1) is 10.7 Å². The number of nitrogens with two attached hydrogens (primary N) is 1. The van der Waals surface area contributed by atoms with E-state index in [4.69, 9.17) is 22.6 Å². The molecular weight excluding hydrogens is 246 g/mol. The molecule has 0 aliphatic rings. The molecule has 0 aromatic heterocycles. The van der Waals surface area contributed by atoms with Crippen LogP contribution in [0.5, 0.6) is 0 Å². The Bertz CT molecular complexity index is 373. The third-order valence-corrected chi connectivity index (χ3v) is 2.53. The molecule has 0 atom stereocenters. The number of nitrogens with zero attached hydrogens (tertiary/aromatic N) is 1. The SMILES string of the molecule is N#Cc1c(N)cc(Br)c(Cl)c1F. The van der Waals surface area contributed by atoms with Crippen molar-refractivity contribution in [3.05, 3.63) is 26.9 Å². The molecule has 62 valence electrons. The molecular formula is C7H3BrClFN2. The molecule has 0 heterocycles. The lowest BCUT2D eigenvalue weighted by Crippen LogP contribution is -1.95. The number of nitrogen functional groups attached to an aromatic ring is 1. The molecule has 5 heteroatoms. The smallest absolute Gasteiger partial charge is 0.162 e. The Morgan fingerprint density at radius 1 is 1.67 bits per heavy atom. The van der Waals surface area contributed by atoms with Crippen LogP contribution in [0.25, 0.3) is 0 Å². The van der Waals surface area contributed by atoms with Gasteiger partial charge in [0, 0.05) is 4.47 Å². The van der Waals surface area contributed by atoms with Crippen LogP contribution in [-0.4, -0.2) is 0 Å². The zero-order valence-electron chi connectivity index (χ0n) is 5.74. The molecule has 1 rings (SSSR count). The van der Waals surface area contributed by atoms with E-state index in [0.29, 0.717) is 4.47 Å². The minimum Gasteiger partial charge on any atom is -0.398 e. The second-order valence-electron chi connectivity index (χ2n) is 2.06. The van der Waals surface area contributed by atoms with Crippen molar-refractivity contribution in [1.29, 1.82) is 5.26 Å². The quantitative estimate of drug-likeness (QED) is 0.568. The summed E-state index contributed by atoms with van der Waals surface area (Å²) in [4.78, 5) is 0. The van der Waals surface area contributed by atoms with E-state index in [1.165, 1.54) is 6.07 Å². The Hall–Kier alpha value is -0.790. The fourth-order valence-electron chi connectivity index (χ4n) is 0.727. The zero-order chi connectivity index (χ0) is 9.30. The molecule has 0 amide bonds. The second-order valence-corrected chi connectivity index (χ2v) is 3.29. The molecule has 1 aromatic carbocycles. The zero-order valence-corrected chi connectivity index (χ0v) is 8.08. The molecule has 1 aromatic rings. The summed E-state index contributed by atoms with van der Waals surface area (Å²) in [6.07, 6.45) is 0. The van der Waals surface area contributed by atoms with Gasteiger partial charge in [0.15, 0.2) is 5.82 Å². The summed E-state index contributed by atoms with van der Waals surface area (Å²) in [5.74, 6) is -0.786. The van der Waals surface area contributed by atoms with E-state index in [-0.39, 0.29) is 16.3 Å². The largest absolute Gasteiger partial charge is 0.398 e. The third kappa shape index (κ3) is 1.38. The Labute approximate surface area is 81.9 Å². The first kappa shape index (κ1) is 9.30. The van der Waals surface area contributed by atoms with Crippen molar-refractivity contribution in [2.75, 3.05) is 5.73 Å². The van der Waals surface area contributed by atoms with Gasteiger partial charge in [0.2, 0.25) is 0 Å². The Balaban J connectivity index is 3.54. The molecule has 12 heavy (non-hydrogen) atoms. The summed E-state index contributed by atoms with van der Waals surface area (Å²) in [5, 5.41) is 8.35. The summed E-state index contributed by atoms with van der Waals surface area (Å²) in [7, 11) is 0. The predicted octanol–water partition coefficient (Wildman–Crippen LogP) is 2.70. The van der Waals surface area contributed by atoms with Crippen LogP contribution < -0.4 is 5.73 Å². The summed E-state index contributed by atoms with van der Waals surface area (Å²) in [6, 6.07) is 3.02. The Morgan fingerprint density at radius 2 is 2.25 bits per heavy atom. The second kappa shape index (κ2) is 3.30. The lowest BCUT2D eigenvalue weighted by Gasteiger charge is -2.02. The molecule has 0 unspecified atom stereocenters. The number of nitriles is 1. The first-order chi connectivity index (χ1) is 5.57. The summed E-state index contributed by atoms with van der Waals surface area (Å²) in [6.45, 7) is 0. The van der Waals surface area contributed by atoms with Crippen molar-refractivity contribution < 1.29 is 4.39 Å². The van der Waals surface area contributed by atoms with Gasteiger partial charge in [-0.2, -0.15) is 5.26 Å². The minimum absolute atomic E-state index is 0.0753. The number of halogens is 3. The van der Waals surface area contributed by atoms with Gasteiger partial charge in [-0.15, -0.1) is 0 Å². The average molecular weight is 249 g/mol. The van der Waals surface area contributed by atoms with Crippen LogP contribution in [0, 0.1) is 17.1 Å². The van der Waals surface area contributed by atoms with E-state index in [0.717, 1.165) is 0 Å². The maximum atomic E-state index is 13.1. The molecule has 0 saturated heterocycles. The lowest BCUT2D eigenvalue weighted by molar-refractivity contribution is 0.624. The van der Waals surface area contributed by atoms with Crippen LogP contribution >= 0.6 is 27.5 Å². The van der Waals surface area contributed by atoms with Crippen molar-refractivity contribution in [2.24, 2.45) is 0 Å². The molecule has 0 bridgehead atoms. The highest BCUT2D eigenvalue weighted by molar-refractivity contribution is 9.10. The van der Waals surface area contributed by atoms with Crippen LogP contribution in [0.15, 0.2) is 10.5 Å². The molecule has 0 fully saturated rings. The van der Waals surface area contributed by atoms with E-state index < -0.39 is 5.82 Å². The van der Waals surface area contributed by atoms with Gasteiger partial charge in [-0.3, -0.25) is 0 Å². The third-order valence-electron chi connectivity index (χ3n) is 1.30. The van der Waals surface area contributed by atoms with Crippen molar-refractivity contribution in [2.45, 2.75) is 0 Å². The van der Waals surface area contributed by atoms with E-state index in [2.05, 4.69) is 15.9 Å². The normalized spacial score (nSPS) is 9.50. The van der Waals surface area contributed by atoms with Gasteiger partial charge in [-0.25, -0.2) is 4.39 Å². The van der Waals surface area contributed by atoms with Crippen molar-refractivity contribution in [3.8, 4) is 6.07 Å². The molecule has 2 nitrogen and oxygen atoms in total. The van der Waals surface area contributed by atoms with E-state index in [9.17, 15) is 4.39 Å². The minimum atomic E-state index is -0.786. The molecule has 0 saturated carbocycles. The maximum absolute atomic E-state index is 13.1. The Morgan fingerprint density at radius 3 is 2.75 bits per heavy atom. The number of hydrogen-bond donors (Lipinski definition) is 1. The molecule has 0 spiro atoms. The topological polar surface area (TPSA) is 49.8 Å². The first-order valence-corrected chi connectivity index (χ1v) is 4.08. The van der Waals surface area contributed by atoms with Gasteiger partial charge < -0.3 is 5.73 Å². The number of anilines is 1. The van der Waals surface area contributed by atoms with E-state index in [1.807, 2.05) is 0 Å². The highest BCUT2D eigenvalue weighted by Gasteiger charge is 2.13. The predicted molar refractivity (Wildman–Crippen MR) is 48.2 cm³/mol. The van der Waals surface area contributed by atoms with Crippen molar-refractivity contribution >= 4 is 33.2 Å². The van der Waals surface area contributed by atoms with Crippen LogP contribution in [0.3, 0.4) is 0 Å². The monoisotopic (exact) mass is 248 g/mol. The number of rotatable bonds is 0. The van der Waals surface area contributed by atoms with E-state index >= 15 is 0 Å². The number of hydrogen-bond acceptors (Lipinski definition) is 2. The Kier molecular flexibility index (Phi) is 2.55. The highest BCUT2D eigenvalue weighted by atomic mass is 79.9. The van der Waals surface area contributed by atoms with Crippen molar-refractivity contribution in [3.63, 3.8) is 0 Å². The van der Waals surface area contributed by atoms with Gasteiger partial charge in [0.1, 0.15) is 11.6 Å². The first-order valence-electron chi connectivity index (χ1n) is 2.91. The maximum Gasteiger partial charge on any atom is 0.162 e. The van der Waals surface area contributed by atoms with Gasteiger partial charge in [0.25, 0.3) is 0 Å². The standard InChI is InChI=1S/C7H3BrClFN2/c8-4-1-5(12)3(2-11)7(10)6(4)9/h1H,12H2. The summed E-state index contributed by atoms with van der Waals surface area (Å²) < 4.78 is 13.4. The van der Waals surface area contributed by atoms with Crippen LogP contribution in [0.1, 0.15) is 5.56 Å². The lowest BCUT2D eigenvalue weighted by atomic mass is 10.2. The van der Waals surface area contributed by atoms with Crippen LogP contribution in [0.2, 0.25) is 5.02 Å².